The van der Waals surface area contributed by atoms with Crippen molar-refractivity contribution < 1.29 is 9.18 Å². The fourth-order valence-electron chi connectivity index (χ4n) is 2.45. The third kappa shape index (κ3) is 4.80. The molecule has 3 N–H and O–H groups in total. The van der Waals surface area contributed by atoms with E-state index in [1.165, 1.54) is 12.1 Å². The summed E-state index contributed by atoms with van der Waals surface area (Å²) in [6.45, 7) is 0.377. The van der Waals surface area contributed by atoms with Crippen molar-refractivity contribution in [3.63, 3.8) is 0 Å². The minimum Gasteiger partial charge on any atom is -0.352 e. The fourth-order valence-corrected chi connectivity index (χ4v) is 2.45. The van der Waals surface area contributed by atoms with Crippen molar-refractivity contribution in [3.05, 3.63) is 35.6 Å². The monoisotopic (exact) mass is 286 g/mol. The first-order valence-electron chi connectivity index (χ1n) is 6.43. The van der Waals surface area contributed by atoms with E-state index < -0.39 is 0 Å². The molecule has 1 aliphatic carbocycles. The number of nitrogens with one attached hydrogen (secondary N) is 1. The van der Waals surface area contributed by atoms with E-state index in [-0.39, 0.29) is 36.1 Å². The van der Waals surface area contributed by atoms with Crippen LogP contribution < -0.4 is 11.1 Å². The molecule has 0 spiro atoms. The Bertz CT molecular complexity index is 428. The predicted molar refractivity (Wildman–Crippen MR) is 75.4 cm³/mol. The van der Waals surface area contributed by atoms with Crippen LogP contribution in [0.1, 0.15) is 31.2 Å². The molecule has 1 aliphatic rings. The molecule has 2 atom stereocenters. The van der Waals surface area contributed by atoms with Crippen LogP contribution in [0.3, 0.4) is 0 Å². The van der Waals surface area contributed by atoms with Crippen molar-refractivity contribution in [2.45, 2.75) is 38.3 Å². The Labute approximate surface area is 119 Å². The molecule has 3 nitrogen and oxygen atoms in total. The average Bonchev–Trinajstić information content (AvgIpc) is 2.36. The summed E-state index contributed by atoms with van der Waals surface area (Å²) in [7, 11) is 0. The lowest BCUT2D eigenvalue weighted by molar-refractivity contribution is -0.126. The van der Waals surface area contributed by atoms with Crippen LogP contribution in [0.4, 0.5) is 4.39 Å². The standard InChI is InChI=1S/C14H19FN2O.ClH/c15-12-5-1-3-10(7-12)9-17-14(18)11-4-2-6-13(16)8-11;/h1,3,5,7,11,13H,2,4,6,8-9,16H2,(H,17,18);1H. The van der Waals surface area contributed by atoms with Gasteiger partial charge in [0.05, 0.1) is 0 Å². The van der Waals surface area contributed by atoms with Gasteiger partial charge in [-0.05, 0) is 37.0 Å². The van der Waals surface area contributed by atoms with Crippen LogP contribution in [0, 0.1) is 11.7 Å². The maximum Gasteiger partial charge on any atom is 0.223 e. The summed E-state index contributed by atoms with van der Waals surface area (Å²) in [5.41, 5.74) is 6.64. The zero-order chi connectivity index (χ0) is 13.0. The lowest BCUT2D eigenvalue weighted by atomic mass is 9.85. The lowest BCUT2D eigenvalue weighted by Crippen LogP contribution is -2.37. The molecule has 0 aliphatic heterocycles. The van der Waals surface area contributed by atoms with E-state index in [1.807, 2.05) is 0 Å². The molecular weight excluding hydrogens is 267 g/mol. The normalized spacial score (nSPS) is 22.4. The molecule has 106 valence electrons. The quantitative estimate of drug-likeness (QED) is 0.896. The minimum absolute atomic E-state index is 0. The smallest absolute Gasteiger partial charge is 0.223 e. The zero-order valence-electron chi connectivity index (χ0n) is 10.8. The third-order valence-electron chi connectivity index (χ3n) is 3.44. The molecule has 1 fully saturated rings. The van der Waals surface area contributed by atoms with Crippen molar-refractivity contribution in [2.75, 3.05) is 0 Å². The molecule has 5 heteroatoms. The van der Waals surface area contributed by atoms with Crippen LogP contribution in [0.2, 0.25) is 0 Å². The van der Waals surface area contributed by atoms with E-state index in [4.69, 9.17) is 5.73 Å². The van der Waals surface area contributed by atoms with Gasteiger partial charge in [0.15, 0.2) is 0 Å². The van der Waals surface area contributed by atoms with Gasteiger partial charge in [-0.1, -0.05) is 18.6 Å². The van der Waals surface area contributed by atoms with E-state index in [0.29, 0.717) is 6.54 Å². The van der Waals surface area contributed by atoms with Crippen LogP contribution in [-0.4, -0.2) is 11.9 Å². The van der Waals surface area contributed by atoms with Gasteiger partial charge in [0.25, 0.3) is 0 Å². The molecule has 2 unspecified atom stereocenters. The number of nitrogens with two attached hydrogens (primary N) is 1. The Morgan fingerprint density at radius 2 is 2.21 bits per heavy atom. The van der Waals surface area contributed by atoms with Gasteiger partial charge in [-0.2, -0.15) is 0 Å². The Hall–Kier alpha value is -1.13. The van der Waals surface area contributed by atoms with Crippen molar-refractivity contribution in [1.82, 2.24) is 5.32 Å². The molecule has 1 aromatic carbocycles. The Kier molecular flexibility index (Phi) is 6.25. The van der Waals surface area contributed by atoms with Crippen LogP contribution in [-0.2, 0) is 11.3 Å². The SMILES string of the molecule is Cl.NC1CCCC(C(=O)NCc2cccc(F)c2)C1. The molecular formula is C14H20ClFN2O. The first kappa shape index (κ1) is 15.9. The Morgan fingerprint density at radius 1 is 1.42 bits per heavy atom. The largest absolute Gasteiger partial charge is 0.352 e. The predicted octanol–water partition coefficient (Wildman–Crippen LogP) is 2.38. The van der Waals surface area contributed by atoms with E-state index in [1.54, 1.807) is 12.1 Å². The van der Waals surface area contributed by atoms with Crippen LogP contribution in [0.15, 0.2) is 24.3 Å². The van der Waals surface area contributed by atoms with Gasteiger partial charge in [-0.3, -0.25) is 4.79 Å². The van der Waals surface area contributed by atoms with Crippen molar-refractivity contribution in [3.8, 4) is 0 Å². The maximum absolute atomic E-state index is 13.0. The Balaban J connectivity index is 0.00000180. The first-order valence-corrected chi connectivity index (χ1v) is 6.43. The summed E-state index contributed by atoms with van der Waals surface area (Å²) in [5, 5.41) is 2.86. The number of halogens is 2. The van der Waals surface area contributed by atoms with E-state index in [0.717, 1.165) is 31.2 Å². The summed E-state index contributed by atoms with van der Waals surface area (Å²) >= 11 is 0. The highest BCUT2D eigenvalue weighted by Crippen LogP contribution is 2.23. The van der Waals surface area contributed by atoms with Crippen molar-refractivity contribution in [1.29, 1.82) is 0 Å². The molecule has 1 aromatic rings. The zero-order valence-corrected chi connectivity index (χ0v) is 11.6. The molecule has 1 amide bonds. The lowest BCUT2D eigenvalue weighted by Gasteiger charge is -2.25. The molecule has 0 bridgehead atoms. The highest BCUT2D eigenvalue weighted by molar-refractivity contribution is 5.85. The topological polar surface area (TPSA) is 55.1 Å². The van der Waals surface area contributed by atoms with Crippen LogP contribution in [0.5, 0.6) is 0 Å². The summed E-state index contributed by atoms with van der Waals surface area (Å²) in [6.07, 6.45) is 3.69. The number of hydrogen-bond donors (Lipinski definition) is 2. The highest BCUT2D eigenvalue weighted by Gasteiger charge is 2.24. The molecule has 2 rings (SSSR count). The summed E-state index contributed by atoms with van der Waals surface area (Å²) in [6, 6.07) is 6.42. The Morgan fingerprint density at radius 3 is 2.89 bits per heavy atom. The van der Waals surface area contributed by atoms with Gasteiger partial charge in [0, 0.05) is 18.5 Å². The van der Waals surface area contributed by atoms with Gasteiger partial charge >= 0.3 is 0 Å². The van der Waals surface area contributed by atoms with Crippen molar-refractivity contribution in [2.24, 2.45) is 11.7 Å². The number of carbonyl (C=O) groups is 1. The van der Waals surface area contributed by atoms with Gasteiger partial charge in [-0.15, -0.1) is 12.4 Å². The molecule has 19 heavy (non-hydrogen) atoms. The number of amides is 1. The number of rotatable bonds is 3. The van der Waals surface area contributed by atoms with Gasteiger partial charge in [0.1, 0.15) is 5.82 Å². The van der Waals surface area contributed by atoms with E-state index >= 15 is 0 Å². The van der Waals surface area contributed by atoms with E-state index in [2.05, 4.69) is 5.32 Å². The minimum atomic E-state index is -0.276. The summed E-state index contributed by atoms with van der Waals surface area (Å²) in [4.78, 5) is 11.9. The highest BCUT2D eigenvalue weighted by atomic mass is 35.5. The number of carbonyl (C=O) groups excluding carboxylic acids is 1. The van der Waals surface area contributed by atoms with Crippen LogP contribution >= 0.6 is 12.4 Å². The fraction of sp³-hybridized carbons (Fsp3) is 0.500. The molecule has 0 heterocycles. The second kappa shape index (κ2) is 7.46. The second-order valence-electron chi connectivity index (χ2n) is 4.97. The molecule has 1 saturated carbocycles. The van der Waals surface area contributed by atoms with Crippen LogP contribution in [0.25, 0.3) is 0 Å². The number of benzene rings is 1. The van der Waals surface area contributed by atoms with E-state index in [9.17, 15) is 9.18 Å². The molecule has 0 radical (unpaired) electrons. The van der Waals surface area contributed by atoms with Crippen molar-refractivity contribution >= 4 is 18.3 Å². The molecule has 0 saturated heterocycles. The second-order valence-corrected chi connectivity index (χ2v) is 4.97. The van der Waals surface area contributed by atoms with Gasteiger partial charge in [-0.25, -0.2) is 4.39 Å². The molecule has 0 aromatic heterocycles. The number of hydrogen-bond acceptors (Lipinski definition) is 2. The van der Waals surface area contributed by atoms with Gasteiger partial charge < -0.3 is 11.1 Å². The first-order chi connectivity index (χ1) is 8.65. The summed E-state index contributed by atoms with van der Waals surface area (Å²) < 4.78 is 13.0. The summed E-state index contributed by atoms with van der Waals surface area (Å²) in [5.74, 6) is -0.224. The van der Waals surface area contributed by atoms with Gasteiger partial charge in [0.2, 0.25) is 5.91 Å². The maximum atomic E-state index is 13.0. The average molecular weight is 287 g/mol. The third-order valence-corrected chi connectivity index (χ3v) is 3.44.